The van der Waals surface area contributed by atoms with Gasteiger partial charge in [0.2, 0.25) is 0 Å². The fourth-order valence-electron chi connectivity index (χ4n) is 7.61. The van der Waals surface area contributed by atoms with Crippen molar-refractivity contribution in [2.45, 2.75) is 49.1 Å². The van der Waals surface area contributed by atoms with E-state index in [-0.39, 0.29) is 5.91 Å². The second-order valence-corrected chi connectivity index (χ2v) is 17.2. The van der Waals surface area contributed by atoms with Gasteiger partial charge in [0.15, 0.2) is 0 Å². The molecule has 6 aromatic rings. The molecule has 0 unspecified atom stereocenters. The van der Waals surface area contributed by atoms with E-state index in [4.69, 9.17) is 9.51 Å². The summed E-state index contributed by atoms with van der Waals surface area (Å²) in [7, 11) is 0. The lowest BCUT2D eigenvalue weighted by Gasteiger charge is -2.40. The summed E-state index contributed by atoms with van der Waals surface area (Å²) in [6, 6.07) is 25.8. The Hall–Kier alpha value is -4.78. The van der Waals surface area contributed by atoms with Crippen LogP contribution in [0.15, 0.2) is 104 Å². The van der Waals surface area contributed by atoms with Gasteiger partial charge in [0.1, 0.15) is 10.8 Å². The van der Waals surface area contributed by atoms with E-state index in [1.54, 1.807) is 34.9 Å². The van der Waals surface area contributed by atoms with Gasteiger partial charge in [0, 0.05) is 108 Å². The maximum atomic E-state index is 14.8. The van der Waals surface area contributed by atoms with Gasteiger partial charge < -0.3 is 24.1 Å². The van der Waals surface area contributed by atoms with Gasteiger partial charge in [0.05, 0.1) is 28.1 Å². The zero-order chi connectivity index (χ0) is 38.6. The summed E-state index contributed by atoms with van der Waals surface area (Å²) in [6.07, 6.45) is 1.87. The van der Waals surface area contributed by atoms with Crippen LogP contribution in [0, 0.1) is 27.7 Å². The minimum atomic E-state index is 0.0834. The van der Waals surface area contributed by atoms with E-state index >= 15 is 0 Å². The number of thioether (sulfide) groups is 2. The quantitative estimate of drug-likeness (QED) is 0.118. The number of carbonyl (C=O) groups is 1. The van der Waals surface area contributed by atoms with Gasteiger partial charge in [-0.1, -0.05) is 41.6 Å². The number of carbonyl (C=O) groups excluding carboxylic acids is 1. The fraction of sp³-hybridized carbons (Fsp3) is 0.318. The maximum absolute atomic E-state index is 14.8. The van der Waals surface area contributed by atoms with E-state index in [1.807, 2.05) is 36.5 Å². The molecule has 2 fully saturated rings. The van der Waals surface area contributed by atoms with Crippen LogP contribution < -0.4 is 14.7 Å². The number of thiazole rings is 1. The summed E-state index contributed by atoms with van der Waals surface area (Å²) in [5.74, 6) is 2.29. The number of aromatic nitrogens is 3. The van der Waals surface area contributed by atoms with Gasteiger partial charge in [-0.05, 0) is 75.2 Å². The molecule has 3 aromatic heterocycles. The van der Waals surface area contributed by atoms with Crippen molar-refractivity contribution in [3.63, 3.8) is 0 Å². The first-order valence-electron chi connectivity index (χ1n) is 19.2. The number of piperazine rings is 2. The molecule has 2 aliphatic rings. The molecule has 3 aromatic carbocycles. The lowest BCUT2D eigenvalue weighted by molar-refractivity contribution is 0.0743. The molecule has 5 heterocycles. The second-order valence-electron chi connectivity index (χ2n) is 14.5. The number of pyridine rings is 1. The van der Waals surface area contributed by atoms with Crippen LogP contribution in [0.25, 0.3) is 11.1 Å². The molecule has 0 radical (unpaired) electrons. The molecule has 0 spiro atoms. The van der Waals surface area contributed by atoms with Crippen molar-refractivity contribution < 1.29 is 9.32 Å². The molecule has 12 heteroatoms. The molecule has 2 aliphatic heterocycles. The average molecular weight is 802 g/mol. The molecular formula is C44H47N7O2S3. The topological polar surface area (TPSA) is 81.8 Å². The van der Waals surface area contributed by atoms with Crippen molar-refractivity contribution in [3.05, 3.63) is 129 Å². The number of anilines is 3. The van der Waals surface area contributed by atoms with Crippen LogP contribution in [0.2, 0.25) is 0 Å². The smallest absolute Gasteiger partial charge is 0.255 e. The third-order valence-corrected chi connectivity index (χ3v) is 13.5. The lowest BCUT2D eigenvalue weighted by atomic mass is 10.00. The first kappa shape index (κ1) is 38.1. The number of nitrogens with zero attached hydrogens (tertiary/aromatic N) is 7. The number of rotatable bonds is 11. The van der Waals surface area contributed by atoms with E-state index in [9.17, 15) is 4.79 Å². The van der Waals surface area contributed by atoms with Crippen LogP contribution in [0.5, 0.6) is 0 Å². The molecule has 0 bridgehead atoms. The number of benzene rings is 3. The molecule has 0 atom stereocenters. The van der Waals surface area contributed by atoms with E-state index in [1.165, 1.54) is 22.5 Å². The zero-order valence-corrected chi connectivity index (χ0v) is 34.9. The van der Waals surface area contributed by atoms with Crippen molar-refractivity contribution in [2.24, 2.45) is 0 Å². The third-order valence-electron chi connectivity index (χ3n) is 10.7. The molecular weight excluding hydrogens is 755 g/mol. The molecule has 56 heavy (non-hydrogen) atoms. The Morgan fingerprint density at radius 3 is 2.04 bits per heavy atom. The van der Waals surface area contributed by atoms with Crippen molar-refractivity contribution in [3.8, 4) is 11.1 Å². The number of aryl methyl sites for hydroxylation is 4. The third kappa shape index (κ3) is 8.33. The molecule has 1 amide bonds. The monoisotopic (exact) mass is 801 g/mol. The number of hydrogen-bond donors (Lipinski definition) is 0. The predicted octanol–water partition coefficient (Wildman–Crippen LogP) is 9.30. The maximum Gasteiger partial charge on any atom is 0.255 e. The van der Waals surface area contributed by atoms with Gasteiger partial charge in [-0.2, -0.15) is 0 Å². The Morgan fingerprint density at radius 1 is 0.732 bits per heavy atom. The summed E-state index contributed by atoms with van der Waals surface area (Å²) in [5, 5.41) is 7.24. The first-order chi connectivity index (χ1) is 27.3. The molecule has 0 aliphatic carbocycles. The highest BCUT2D eigenvalue weighted by Gasteiger charge is 2.31. The summed E-state index contributed by atoms with van der Waals surface area (Å²) in [6.45, 7) is 14.5. The summed E-state index contributed by atoms with van der Waals surface area (Å²) in [5.41, 5.74) is 13.9. The summed E-state index contributed by atoms with van der Waals surface area (Å²) in [4.78, 5) is 34.8. The van der Waals surface area contributed by atoms with Crippen LogP contribution in [0.1, 0.15) is 44.2 Å². The molecule has 0 saturated carbocycles. The van der Waals surface area contributed by atoms with Gasteiger partial charge in [0.25, 0.3) is 5.91 Å². The van der Waals surface area contributed by atoms with Crippen LogP contribution in [-0.4, -0.2) is 78.3 Å². The highest BCUT2D eigenvalue weighted by molar-refractivity contribution is 7.99. The standard InChI is InChI=1S/C44H47N7O2S3/c1-30-8-5-10-35(24-30)48-16-20-50(21-17-48)41-37(38-12-7-15-45-43(38)56-28-40-32(3)47-53-33(40)4)13-14-39(42(41)55-27-34-26-54-29-46-34)44(52)51-22-18-49(19-23-51)36-11-6-9-31(2)25-36/h5-15,24-26,29H,16-23,27-28H2,1-4H3. The largest absolute Gasteiger partial charge is 0.368 e. The minimum Gasteiger partial charge on any atom is -0.368 e. The van der Waals surface area contributed by atoms with Crippen LogP contribution in [0.4, 0.5) is 17.1 Å². The Labute approximate surface area is 342 Å². The van der Waals surface area contributed by atoms with Gasteiger partial charge in [-0.15, -0.1) is 34.9 Å². The fourth-order valence-corrected chi connectivity index (χ4v) is 10.6. The summed E-state index contributed by atoms with van der Waals surface area (Å²) < 4.78 is 5.50. The Kier molecular flexibility index (Phi) is 11.7. The van der Waals surface area contributed by atoms with Crippen molar-refractivity contribution in [1.29, 1.82) is 0 Å². The van der Waals surface area contributed by atoms with E-state index in [2.05, 4.69) is 111 Å². The van der Waals surface area contributed by atoms with Crippen molar-refractivity contribution in [2.75, 3.05) is 67.1 Å². The van der Waals surface area contributed by atoms with Gasteiger partial charge in [-0.3, -0.25) is 4.79 Å². The van der Waals surface area contributed by atoms with Crippen LogP contribution in [-0.2, 0) is 11.5 Å². The number of amides is 1. The Bertz CT molecular complexity index is 2270. The SMILES string of the molecule is Cc1cccc(N2CCN(C(=O)c3ccc(-c4cccnc4SCc4c(C)noc4C)c(N4CCN(c5cccc(C)c5)CC4)c3SCc3cscn3)CC2)c1. The molecule has 8 rings (SSSR count). The van der Waals surface area contributed by atoms with Crippen LogP contribution in [0.3, 0.4) is 0 Å². The van der Waals surface area contributed by atoms with Crippen molar-refractivity contribution >= 4 is 57.8 Å². The van der Waals surface area contributed by atoms with E-state index < -0.39 is 0 Å². The van der Waals surface area contributed by atoms with Gasteiger partial charge in [-0.25, -0.2) is 9.97 Å². The zero-order valence-electron chi connectivity index (χ0n) is 32.4. The normalized spacial score (nSPS) is 14.8. The molecule has 9 nitrogen and oxygen atoms in total. The lowest BCUT2D eigenvalue weighted by Crippen LogP contribution is -2.49. The Morgan fingerprint density at radius 2 is 1.41 bits per heavy atom. The van der Waals surface area contributed by atoms with Gasteiger partial charge >= 0.3 is 0 Å². The van der Waals surface area contributed by atoms with E-state index in [0.29, 0.717) is 24.6 Å². The minimum absolute atomic E-state index is 0.0834. The second kappa shape index (κ2) is 17.2. The number of hydrogen-bond acceptors (Lipinski definition) is 11. The summed E-state index contributed by atoms with van der Waals surface area (Å²) >= 11 is 5.03. The highest BCUT2D eigenvalue weighted by Crippen LogP contribution is 2.46. The van der Waals surface area contributed by atoms with E-state index in [0.717, 1.165) is 94.3 Å². The Balaban J connectivity index is 1.17. The average Bonchev–Trinajstić information content (AvgIpc) is 3.87. The highest BCUT2D eigenvalue weighted by atomic mass is 32.2. The van der Waals surface area contributed by atoms with Crippen molar-refractivity contribution in [1.82, 2.24) is 20.0 Å². The predicted molar refractivity (Wildman–Crippen MR) is 232 cm³/mol. The first-order valence-corrected chi connectivity index (χ1v) is 22.1. The van der Waals surface area contributed by atoms with Crippen LogP contribution >= 0.6 is 34.9 Å². The molecule has 2 saturated heterocycles. The molecule has 0 N–H and O–H groups in total. The molecule has 288 valence electrons.